The molecule has 0 radical (unpaired) electrons. The van der Waals surface area contributed by atoms with Gasteiger partial charge in [0.1, 0.15) is 17.3 Å². The van der Waals surface area contributed by atoms with Crippen molar-refractivity contribution in [2.75, 3.05) is 12.0 Å². The Balaban J connectivity index is 1.87. The summed E-state index contributed by atoms with van der Waals surface area (Å²) in [4.78, 5) is 27.6. The van der Waals surface area contributed by atoms with E-state index in [1.54, 1.807) is 56.3 Å². The van der Waals surface area contributed by atoms with Gasteiger partial charge in [0.25, 0.3) is 11.7 Å². The van der Waals surface area contributed by atoms with Crippen LogP contribution in [0.5, 0.6) is 11.5 Å². The number of benzene rings is 3. The summed E-state index contributed by atoms with van der Waals surface area (Å²) in [6.07, 6.45) is -4.87. The van der Waals surface area contributed by atoms with Crippen LogP contribution in [0.15, 0.2) is 72.3 Å². The average Bonchev–Trinajstić information content (AvgIpc) is 3.10. The Kier molecular flexibility index (Phi) is 6.49. The van der Waals surface area contributed by atoms with E-state index in [2.05, 4.69) is 4.74 Å². The van der Waals surface area contributed by atoms with E-state index >= 15 is 0 Å². The molecule has 1 unspecified atom stereocenters. The number of rotatable bonds is 5. The lowest BCUT2D eigenvalue weighted by Gasteiger charge is -2.26. The van der Waals surface area contributed by atoms with E-state index < -0.39 is 29.8 Å². The lowest BCUT2D eigenvalue weighted by atomic mass is 9.93. The predicted molar refractivity (Wildman–Crippen MR) is 127 cm³/mol. The van der Waals surface area contributed by atoms with Gasteiger partial charge in [-0.25, -0.2) is 0 Å². The van der Waals surface area contributed by atoms with Gasteiger partial charge in [0.15, 0.2) is 0 Å². The Morgan fingerprint density at radius 1 is 0.944 bits per heavy atom. The van der Waals surface area contributed by atoms with Gasteiger partial charge in [0.05, 0.1) is 18.7 Å². The minimum Gasteiger partial charge on any atom is -0.507 e. The van der Waals surface area contributed by atoms with Crippen LogP contribution in [-0.4, -0.2) is 30.3 Å². The number of methoxy groups -OCH3 is 1. The maximum Gasteiger partial charge on any atom is 0.573 e. The van der Waals surface area contributed by atoms with E-state index in [-0.39, 0.29) is 17.0 Å². The summed E-state index contributed by atoms with van der Waals surface area (Å²) in [7, 11) is 1.52. The van der Waals surface area contributed by atoms with E-state index in [1.807, 2.05) is 0 Å². The first-order valence-corrected chi connectivity index (χ1v) is 10.9. The van der Waals surface area contributed by atoms with E-state index in [9.17, 15) is 27.9 Å². The number of carbonyl (C=O) groups is 2. The number of nitrogens with zero attached hydrogens (tertiary/aromatic N) is 1. The van der Waals surface area contributed by atoms with Gasteiger partial charge in [0.2, 0.25) is 0 Å². The first kappa shape index (κ1) is 24.8. The van der Waals surface area contributed by atoms with Crippen molar-refractivity contribution in [2.24, 2.45) is 0 Å². The molecule has 0 spiro atoms. The Hall–Kier alpha value is -4.27. The number of alkyl halides is 3. The van der Waals surface area contributed by atoms with Crippen LogP contribution in [-0.2, 0) is 9.59 Å². The number of hydrogen-bond acceptors (Lipinski definition) is 5. The third kappa shape index (κ3) is 4.64. The number of ketones is 1. The lowest BCUT2D eigenvalue weighted by molar-refractivity contribution is -0.274. The SMILES string of the molecule is COc1cc(C)c(/C(O)=C2\C(=O)C(=O)N(c3ccc(OC(F)(F)F)cc3)C2c2ccccc2)cc1C. The summed E-state index contributed by atoms with van der Waals surface area (Å²) in [6, 6.07) is 15.6. The Morgan fingerprint density at radius 2 is 1.58 bits per heavy atom. The van der Waals surface area contributed by atoms with Crippen LogP contribution in [0.25, 0.3) is 5.76 Å². The fraction of sp³-hybridized carbons (Fsp3) is 0.185. The Morgan fingerprint density at radius 3 is 2.17 bits per heavy atom. The number of ether oxygens (including phenoxy) is 2. The van der Waals surface area contributed by atoms with Gasteiger partial charge in [-0.05, 0) is 66.9 Å². The zero-order valence-corrected chi connectivity index (χ0v) is 19.6. The van der Waals surface area contributed by atoms with Crippen LogP contribution in [0.2, 0.25) is 0 Å². The molecule has 6 nitrogen and oxygen atoms in total. The van der Waals surface area contributed by atoms with Crippen molar-refractivity contribution >= 4 is 23.1 Å². The van der Waals surface area contributed by atoms with Gasteiger partial charge in [-0.3, -0.25) is 14.5 Å². The Labute approximate surface area is 205 Å². The van der Waals surface area contributed by atoms with Gasteiger partial charge in [0, 0.05) is 11.3 Å². The highest BCUT2D eigenvalue weighted by atomic mass is 19.4. The maximum atomic E-state index is 13.3. The molecule has 0 bridgehead atoms. The number of anilines is 1. The van der Waals surface area contributed by atoms with E-state index in [4.69, 9.17) is 4.74 Å². The topological polar surface area (TPSA) is 76.1 Å². The molecule has 1 fully saturated rings. The number of carbonyl (C=O) groups excluding carboxylic acids is 2. The molecule has 3 aromatic rings. The molecule has 36 heavy (non-hydrogen) atoms. The van der Waals surface area contributed by atoms with Crippen molar-refractivity contribution in [2.45, 2.75) is 26.3 Å². The summed E-state index contributed by atoms with van der Waals surface area (Å²) < 4.78 is 47.0. The van der Waals surface area contributed by atoms with Crippen molar-refractivity contribution in [1.29, 1.82) is 0 Å². The average molecular weight is 497 g/mol. The van der Waals surface area contributed by atoms with E-state index in [1.165, 1.54) is 19.2 Å². The number of aliphatic hydroxyl groups is 1. The molecule has 9 heteroatoms. The Bertz CT molecular complexity index is 1350. The smallest absolute Gasteiger partial charge is 0.507 e. The molecular weight excluding hydrogens is 475 g/mol. The van der Waals surface area contributed by atoms with E-state index in [0.29, 0.717) is 22.4 Å². The van der Waals surface area contributed by atoms with Crippen LogP contribution in [0.4, 0.5) is 18.9 Å². The van der Waals surface area contributed by atoms with Crippen LogP contribution >= 0.6 is 0 Å². The van der Waals surface area contributed by atoms with E-state index in [0.717, 1.165) is 22.6 Å². The first-order chi connectivity index (χ1) is 17.0. The molecule has 0 aromatic heterocycles. The second kappa shape index (κ2) is 9.41. The zero-order chi connectivity index (χ0) is 26.2. The summed E-state index contributed by atoms with van der Waals surface area (Å²) in [6.45, 7) is 3.52. The van der Waals surface area contributed by atoms with Gasteiger partial charge < -0.3 is 14.6 Å². The predicted octanol–water partition coefficient (Wildman–Crippen LogP) is 5.84. The highest BCUT2D eigenvalue weighted by Crippen LogP contribution is 2.43. The van der Waals surface area contributed by atoms with Gasteiger partial charge in [-0.1, -0.05) is 30.3 Å². The molecule has 4 rings (SSSR count). The number of aliphatic hydroxyl groups excluding tert-OH is 1. The first-order valence-electron chi connectivity index (χ1n) is 10.9. The van der Waals surface area contributed by atoms with Crippen LogP contribution in [0, 0.1) is 13.8 Å². The molecule has 186 valence electrons. The monoisotopic (exact) mass is 497 g/mol. The molecular formula is C27H22F3NO5. The second-order valence-electron chi connectivity index (χ2n) is 8.26. The highest BCUT2D eigenvalue weighted by Gasteiger charge is 2.47. The number of amides is 1. The minimum atomic E-state index is -4.87. The summed E-state index contributed by atoms with van der Waals surface area (Å²) in [5, 5.41) is 11.3. The highest BCUT2D eigenvalue weighted by molar-refractivity contribution is 6.51. The van der Waals surface area contributed by atoms with Gasteiger partial charge >= 0.3 is 6.36 Å². The van der Waals surface area contributed by atoms with Crippen molar-refractivity contribution in [1.82, 2.24) is 0 Å². The molecule has 1 aliphatic rings. The molecule has 1 atom stereocenters. The van der Waals surface area contributed by atoms with Gasteiger partial charge in [-0.2, -0.15) is 0 Å². The lowest BCUT2D eigenvalue weighted by Crippen LogP contribution is -2.29. The molecule has 1 N–H and O–H groups in total. The van der Waals surface area contributed by atoms with Crippen LogP contribution in [0.3, 0.4) is 0 Å². The van der Waals surface area contributed by atoms with Crippen molar-refractivity contribution in [3.8, 4) is 11.5 Å². The number of Topliss-reactive ketones (excluding diaryl/α,β-unsaturated/α-hetero) is 1. The van der Waals surface area contributed by atoms with Crippen molar-refractivity contribution in [3.05, 3.63) is 94.6 Å². The maximum absolute atomic E-state index is 13.3. The summed E-state index contributed by atoms with van der Waals surface area (Å²) in [5.74, 6) is -2.05. The fourth-order valence-corrected chi connectivity index (χ4v) is 4.27. The zero-order valence-electron chi connectivity index (χ0n) is 19.6. The third-order valence-electron chi connectivity index (χ3n) is 5.91. The van der Waals surface area contributed by atoms with Crippen molar-refractivity contribution in [3.63, 3.8) is 0 Å². The molecule has 0 saturated carbocycles. The summed E-state index contributed by atoms with van der Waals surface area (Å²) in [5.41, 5.74) is 2.28. The number of aryl methyl sites for hydroxylation is 2. The molecule has 1 saturated heterocycles. The standard InChI is InChI=1S/C27H22F3NO5/c1-15-14-21(35-3)16(2)13-20(15)24(32)22-23(17-7-5-4-6-8-17)31(26(34)25(22)33)18-9-11-19(12-10-18)36-27(28,29)30/h4-14,23,32H,1-3H3/b24-22+. The number of hydrogen-bond donors (Lipinski definition) is 1. The molecule has 1 aliphatic heterocycles. The molecule has 0 aliphatic carbocycles. The third-order valence-corrected chi connectivity index (χ3v) is 5.91. The fourth-order valence-electron chi connectivity index (χ4n) is 4.27. The largest absolute Gasteiger partial charge is 0.573 e. The van der Waals surface area contributed by atoms with Crippen LogP contribution < -0.4 is 14.4 Å². The van der Waals surface area contributed by atoms with Crippen LogP contribution in [0.1, 0.15) is 28.3 Å². The quantitative estimate of drug-likeness (QED) is 0.272. The summed E-state index contributed by atoms with van der Waals surface area (Å²) >= 11 is 0. The van der Waals surface area contributed by atoms with Gasteiger partial charge in [-0.15, -0.1) is 13.2 Å². The molecule has 1 heterocycles. The molecule has 3 aromatic carbocycles. The minimum absolute atomic E-state index is 0.130. The molecule has 1 amide bonds. The second-order valence-corrected chi connectivity index (χ2v) is 8.26. The normalized spacial score (nSPS) is 17.4. The number of halogens is 3. The van der Waals surface area contributed by atoms with Crippen molar-refractivity contribution < 1.29 is 37.3 Å².